The lowest BCUT2D eigenvalue weighted by Crippen LogP contribution is -2.42. The first kappa shape index (κ1) is 24.0. The predicted molar refractivity (Wildman–Crippen MR) is 116 cm³/mol. The monoisotopic (exact) mass is 437 g/mol. The zero-order valence-corrected chi connectivity index (χ0v) is 19.8. The van der Waals surface area contributed by atoms with Crippen LogP contribution in [0.4, 0.5) is 0 Å². The van der Waals surface area contributed by atoms with Gasteiger partial charge in [0.25, 0.3) is 5.91 Å². The Morgan fingerprint density at radius 2 is 1.90 bits per heavy atom. The normalized spacial score (nSPS) is 12.2. The second-order valence-corrected chi connectivity index (χ2v) is 9.68. The number of hydrogen-bond donors (Lipinski definition) is 1. The summed E-state index contributed by atoms with van der Waals surface area (Å²) in [7, 11) is 1.51. The molecular formula is C22H32ClN3O4. The highest BCUT2D eigenvalue weighted by Crippen LogP contribution is 2.37. The molecule has 166 valence electrons. The molecule has 2 rings (SSSR count). The molecule has 0 bridgehead atoms. The topological polar surface area (TPSA) is 86.5 Å². The summed E-state index contributed by atoms with van der Waals surface area (Å²) >= 11 is 6.39. The second-order valence-electron chi connectivity index (χ2n) is 9.27. The second kappa shape index (κ2) is 9.25. The van der Waals surface area contributed by atoms with Gasteiger partial charge in [-0.2, -0.15) is 4.98 Å². The number of ether oxygens (including phenoxy) is 2. The van der Waals surface area contributed by atoms with Crippen molar-refractivity contribution < 1.29 is 18.8 Å². The molecule has 30 heavy (non-hydrogen) atoms. The molecule has 0 saturated heterocycles. The van der Waals surface area contributed by atoms with E-state index in [0.29, 0.717) is 46.3 Å². The maximum Gasteiger partial charge on any atom is 0.252 e. The van der Waals surface area contributed by atoms with Gasteiger partial charge in [0, 0.05) is 11.0 Å². The molecule has 0 aliphatic rings. The van der Waals surface area contributed by atoms with Crippen LogP contribution >= 0.6 is 11.6 Å². The molecule has 0 radical (unpaired) electrons. The molecular weight excluding hydrogens is 406 g/mol. The van der Waals surface area contributed by atoms with Crippen LogP contribution in [0.15, 0.2) is 16.7 Å². The van der Waals surface area contributed by atoms with Crippen molar-refractivity contribution in [1.29, 1.82) is 0 Å². The lowest BCUT2D eigenvalue weighted by Gasteiger charge is -2.23. The van der Waals surface area contributed by atoms with Crippen LogP contribution < -0.4 is 14.8 Å². The molecule has 0 fully saturated rings. The minimum atomic E-state index is -0.851. The van der Waals surface area contributed by atoms with Crippen molar-refractivity contribution in [2.45, 2.75) is 65.8 Å². The van der Waals surface area contributed by atoms with Crippen molar-refractivity contribution in [2.75, 3.05) is 13.7 Å². The van der Waals surface area contributed by atoms with E-state index in [9.17, 15) is 4.79 Å². The van der Waals surface area contributed by atoms with E-state index in [2.05, 4.69) is 29.3 Å². The Hall–Kier alpha value is -2.28. The Morgan fingerprint density at radius 1 is 1.23 bits per heavy atom. The predicted octanol–water partition coefficient (Wildman–Crippen LogP) is 5.12. The van der Waals surface area contributed by atoms with Crippen molar-refractivity contribution in [1.82, 2.24) is 15.5 Å². The molecule has 0 atom stereocenters. The fraction of sp³-hybridized carbons (Fsp3) is 0.591. The van der Waals surface area contributed by atoms with Gasteiger partial charge in [-0.1, -0.05) is 51.4 Å². The van der Waals surface area contributed by atoms with Crippen molar-refractivity contribution in [3.05, 3.63) is 34.4 Å². The van der Waals surface area contributed by atoms with E-state index in [4.69, 9.17) is 25.6 Å². The van der Waals surface area contributed by atoms with Gasteiger partial charge in [-0.05, 0) is 38.3 Å². The van der Waals surface area contributed by atoms with Gasteiger partial charge in [-0.15, -0.1) is 0 Å². The van der Waals surface area contributed by atoms with Crippen LogP contribution in [-0.2, 0) is 11.0 Å². The Balaban J connectivity index is 2.21. The van der Waals surface area contributed by atoms with Gasteiger partial charge in [0.15, 0.2) is 17.3 Å². The number of carbonyl (C=O) groups is 1. The molecule has 0 spiro atoms. The van der Waals surface area contributed by atoms with E-state index >= 15 is 0 Å². The van der Waals surface area contributed by atoms with Crippen LogP contribution in [-0.4, -0.2) is 29.8 Å². The van der Waals surface area contributed by atoms with Crippen molar-refractivity contribution in [3.8, 4) is 11.5 Å². The van der Waals surface area contributed by atoms with Crippen molar-refractivity contribution in [3.63, 3.8) is 0 Å². The average molecular weight is 438 g/mol. The van der Waals surface area contributed by atoms with E-state index < -0.39 is 5.54 Å². The third kappa shape index (κ3) is 5.88. The molecule has 0 unspecified atom stereocenters. The molecule has 0 saturated carbocycles. The number of nitrogens with zero attached hydrogens (tertiary/aromatic N) is 2. The lowest BCUT2D eigenvalue weighted by molar-refractivity contribution is 0.0907. The molecule has 1 N–H and O–H groups in total. The molecule has 1 aromatic heterocycles. The number of halogens is 1. The quantitative estimate of drug-likeness (QED) is 0.616. The maximum atomic E-state index is 12.9. The number of rotatable bonds is 8. The molecule has 2 aromatic rings. The number of aromatic nitrogens is 2. The highest BCUT2D eigenvalue weighted by atomic mass is 35.5. The van der Waals surface area contributed by atoms with Gasteiger partial charge >= 0.3 is 0 Å². The Kier molecular flexibility index (Phi) is 7.40. The minimum absolute atomic E-state index is 0.280. The lowest BCUT2D eigenvalue weighted by atomic mass is 9.96. The number of nitrogens with one attached hydrogen (secondary N) is 1. The fourth-order valence-electron chi connectivity index (χ4n) is 2.58. The summed E-state index contributed by atoms with van der Waals surface area (Å²) in [4.78, 5) is 17.4. The first-order valence-corrected chi connectivity index (χ1v) is 10.4. The summed E-state index contributed by atoms with van der Waals surface area (Å²) in [5, 5.41) is 7.29. The Labute approximate surface area is 183 Å². The molecule has 1 amide bonds. The van der Waals surface area contributed by atoms with E-state index in [-0.39, 0.29) is 11.3 Å². The van der Waals surface area contributed by atoms with Gasteiger partial charge in [0.05, 0.1) is 24.3 Å². The van der Waals surface area contributed by atoms with E-state index in [1.165, 1.54) is 7.11 Å². The Bertz CT molecular complexity index is 885. The molecule has 0 aliphatic heterocycles. The number of amides is 1. The van der Waals surface area contributed by atoms with Gasteiger partial charge in [-0.3, -0.25) is 4.79 Å². The van der Waals surface area contributed by atoms with Gasteiger partial charge < -0.3 is 19.3 Å². The zero-order valence-electron chi connectivity index (χ0n) is 19.1. The average Bonchev–Trinajstić information content (AvgIpc) is 3.13. The largest absolute Gasteiger partial charge is 0.493 e. The van der Waals surface area contributed by atoms with E-state index in [0.717, 1.165) is 6.42 Å². The van der Waals surface area contributed by atoms with Gasteiger partial charge in [0.2, 0.25) is 5.89 Å². The van der Waals surface area contributed by atoms with Gasteiger partial charge in [0.1, 0.15) is 0 Å². The molecule has 0 aliphatic carbocycles. The van der Waals surface area contributed by atoms with Crippen molar-refractivity contribution >= 4 is 17.5 Å². The fourth-order valence-corrected chi connectivity index (χ4v) is 2.85. The number of hydrogen-bond acceptors (Lipinski definition) is 6. The van der Waals surface area contributed by atoms with Gasteiger partial charge in [-0.25, -0.2) is 0 Å². The number of benzene rings is 1. The molecule has 1 heterocycles. The van der Waals surface area contributed by atoms with E-state index in [1.54, 1.807) is 12.1 Å². The standard InChI is InChI=1S/C22H32ClN3O4/c1-13(2)9-10-29-17-15(23)11-14(12-16(17)28-8)18(27)25-22(6,7)19-24-20(30-26-19)21(3,4)5/h11-13H,9-10H2,1-8H3,(H,25,27). The summed E-state index contributed by atoms with van der Waals surface area (Å²) in [6.07, 6.45) is 0.886. The van der Waals surface area contributed by atoms with Crippen LogP contribution in [0.2, 0.25) is 5.02 Å². The van der Waals surface area contributed by atoms with Crippen LogP contribution in [0.25, 0.3) is 0 Å². The first-order valence-electron chi connectivity index (χ1n) is 10.0. The summed E-state index contributed by atoms with van der Waals surface area (Å²) in [5.74, 6) is 1.91. The van der Waals surface area contributed by atoms with Crippen LogP contribution in [0.1, 0.15) is 77.0 Å². The number of carbonyl (C=O) groups excluding carboxylic acids is 1. The van der Waals surface area contributed by atoms with Crippen LogP contribution in [0.5, 0.6) is 11.5 Å². The molecule has 7 nitrogen and oxygen atoms in total. The van der Waals surface area contributed by atoms with Crippen molar-refractivity contribution in [2.24, 2.45) is 5.92 Å². The first-order chi connectivity index (χ1) is 13.8. The third-order valence-electron chi connectivity index (χ3n) is 4.49. The van der Waals surface area contributed by atoms with Crippen LogP contribution in [0.3, 0.4) is 0 Å². The Morgan fingerprint density at radius 3 is 2.43 bits per heavy atom. The van der Waals surface area contributed by atoms with E-state index in [1.807, 2.05) is 34.6 Å². The highest BCUT2D eigenvalue weighted by molar-refractivity contribution is 6.32. The summed E-state index contributed by atoms with van der Waals surface area (Å²) in [6, 6.07) is 3.18. The summed E-state index contributed by atoms with van der Waals surface area (Å²) < 4.78 is 16.5. The molecule has 8 heteroatoms. The third-order valence-corrected chi connectivity index (χ3v) is 4.77. The minimum Gasteiger partial charge on any atom is -0.493 e. The van der Waals surface area contributed by atoms with Crippen LogP contribution in [0, 0.1) is 5.92 Å². The maximum absolute atomic E-state index is 12.9. The smallest absolute Gasteiger partial charge is 0.252 e. The SMILES string of the molecule is COc1cc(C(=O)NC(C)(C)c2noc(C(C)(C)C)n2)cc(Cl)c1OCCC(C)C. The zero-order chi connectivity index (χ0) is 22.7. The molecule has 1 aromatic carbocycles. The summed E-state index contributed by atoms with van der Waals surface area (Å²) in [5.41, 5.74) is -0.783. The number of methoxy groups -OCH3 is 1. The summed E-state index contributed by atoms with van der Waals surface area (Å²) in [6.45, 7) is 14.3. The highest BCUT2D eigenvalue weighted by Gasteiger charge is 2.32.